The van der Waals surface area contributed by atoms with Gasteiger partial charge in [0.25, 0.3) is 0 Å². The van der Waals surface area contributed by atoms with Gasteiger partial charge < -0.3 is 9.32 Å². The van der Waals surface area contributed by atoms with Gasteiger partial charge in [-0.3, -0.25) is 0 Å². The lowest BCUT2D eigenvalue weighted by atomic mass is 9.95. The van der Waals surface area contributed by atoms with E-state index in [0.29, 0.717) is 0 Å². The zero-order valence-electron chi connectivity index (χ0n) is 30.6. The molecule has 0 bridgehead atoms. The summed E-state index contributed by atoms with van der Waals surface area (Å²) < 4.78 is 6.88. The Bertz CT molecular complexity index is 3250. The minimum absolute atomic E-state index is 0.894. The lowest BCUT2D eigenvalue weighted by molar-refractivity contribution is 0.674. The smallest absolute Gasteiger partial charge is 0.143 e. The normalized spacial score (nSPS) is 11.6. The van der Waals surface area contributed by atoms with Crippen LogP contribution >= 0.6 is 0 Å². The van der Waals surface area contributed by atoms with Gasteiger partial charge in [0.05, 0.1) is 11.4 Å². The summed E-state index contributed by atoms with van der Waals surface area (Å²) in [5, 5.41) is 9.43. The maximum atomic E-state index is 6.88. The predicted molar refractivity (Wildman–Crippen MR) is 237 cm³/mol. The van der Waals surface area contributed by atoms with Crippen molar-refractivity contribution in [3.8, 4) is 33.4 Å². The number of fused-ring (bicyclic) bond motifs is 7. The summed E-state index contributed by atoms with van der Waals surface area (Å²) in [6.07, 6.45) is 0. The molecule has 0 aliphatic heterocycles. The van der Waals surface area contributed by atoms with Gasteiger partial charge in [-0.25, -0.2) is 0 Å². The van der Waals surface area contributed by atoms with Crippen LogP contribution in [0.5, 0.6) is 0 Å². The number of benzene rings is 10. The van der Waals surface area contributed by atoms with E-state index in [2.05, 4.69) is 217 Å². The van der Waals surface area contributed by atoms with E-state index in [-0.39, 0.29) is 0 Å². The van der Waals surface area contributed by atoms with Crippen LogP contribution in [0.15, 0.2) is 217 Å². The highest BCUT2D eigenvalue weighted by Gasteiger charge is 2.22. The largest absolute Gasteiger partial charge is 0.455 e. The van der Waals surface area contributed by atoms with Crippen molar-refractivity contribution in [2.24, 2.45) is 0 Å². The molecule has 2 nitrogen and oxygen atoms in total. The molecule has 1 heterocycles. The van der Waals surface area contributed by atoms with Gasteiger partial charge in [-0.05, 0) is 80.2 Å². The van der Waals surface area contributed by atoms with Gasteiger partial charge in [0, 0.05) is 38.4 Å². The Morgan fingerprint density at radius 1 is 0.286 bits per heavy atom. The van der Waals surface area contributed by atoms with Crippen molar-refractivity contribution >= 4 is 71.3 Å². The zero-order chi connectivity index (χ0) is 37.0. The molecule has 262 valence electrons. The average molecular weight is 714 g/mol. The molecule has 2 heteroatoms. The number of hydrogen-bond donors (Lipinski definition) is 0. The second kappa shape index (κ2) is 13.2. The molecule has 0 spiro atoms. The Morgan fingerprint density at radius 2 is 0.821 bits per heavy atom. The van der Waals surface area contributed by atoms with Crippen LogP contribution < -0.4 is 4.90 Å². The number of hydrogen-bond acceptors (Lipinski definition) is 2. The van der Waals surface area contributed by atoms with E-state index in [9.17, 15) is 0 Å². The minimum atomic E-state index is 0.894. The first-order valence-corrected chi connectivity index (χ1v) is 19.2. The molecular formula is C54H35NO. The van der Waals surface area contributed by atoms with Crippen LogP contribution in [0.1, 0.15) is 0 Å². The Labute approximate surface area is 325 Å². The maximum absolute atomic E-state index is 6.88. The van der Waals surface area contributed by atoms with Gasteiger partial charge in [0.2, 0.25) is 0 Å². The van der Waals surface area contributed by atoms with Crippen molar-refractivity contribution in [1.82, 2.24) is 0 Å². The summed E-state index contributed by atoms with van der Waals surface area (Å²) in [6, 6.07) is 76.4. The minimum Gasteiger partial charge on any atom is -0.455 e. The highest BCUT2D eigenvalue weighted by atomic mass is 16.3. The van der Waals surface area contributed by atoms with Crippen LogP contribution in [0.4, 0.5) is 17.1 Å². The van der Waals surface area contributed by atoms with Gasteiger partial charge in [0.15, 0.2) is 0 Å². The molecule has 0 saturated heterocycles. The van der Waals surface area contributed by atoms with E-state index >= 15 is 0 Å². The summed E-state index contributed by atoms with van der Waals surface area (Å²) in [6.45, 7) is 0. The molecule has 11 aromatic rings. The van der Waals surface area contributed by atoms with E-state index in [0.717, 1.165) is 55.5 Å². The van der Waals surface area contributed by atoms with Crippen LogP contribution in [0.25, 0.3) is 87.6 Å². The maximum Gasteiger partial charge on any atom is 0.143 e. The Kier molecular flexibility index (Phi) is 7.53. The van der Waals surface area contributed by atoms with Gasteiger partial charge >= 0.3 is 0 Å². The first-order valence-electron chi connectivity index (χ1n) is 19.2. The molecule has 0 aliphatic carbocycles. The third-order valence-electron chi connectivity index (χ3n) is 11.3. The van der Waals surface area contributed by atoms with Crippen molar-refractivity contribution in [2.75, 3.05) is 4.90 Å². The SMILES string of the molecule is c1cc(-c2ccc(N(c3ccccc3-c3cccc4c3oc3c5ccccc5ccc43)c3cccc4ccccc34)cc2)cc(-c2cccc3ccccc23)c1. The molecule has 0 amide bonds. The van der Waals surface area contributed by atoms with Gasteiger partial charge in [0.1, 0.15) is 11.2 Å². The molecule has 0 unspecified atom stereocenters. The topological polar surface area (TPSA) is 16.4 Å². The number of anilines is 3. The quantitative estimate of drug-likeness (QED) is 0.171. The third kappa shape index (κ3) is 5.26. The van der Waals surface area contributed by atoms with Crippen LogP contribution in [-0.4, -0.2) is 0 Å². The molecule has 0 atom stereocenters. The molecule has 0 fully saturated rings. The Balaban J connectivity index is 1.07. The van der Waals surface area contributed by atoms with Crippen LogP contribution in [0.3, 0.4) is 0 Å². The molecule has 56 heavy (non-hydrogen) atoms. The predicted octanol–water partition coefficient (Wildman–Crippen LogP) is 15.5. The molecular weight excluding hydrogens is 679 g/mol. The van der Waals surface area contributed by atoms with Crippen LogP contribution in [0, 0.1) is 0 Å². The zero-order valence-corrected chi connectivity index (χ0v) is 30.6. The number of furan rings is 1. The molecule has 0 aliphatic rings. The van der Waals surface area contributed by atoms with E-state index in [4.69, 9.17) is 4.42 Å². The van der Waals surface area contributed by atoms with Crippen molar-refractivity contribution in [3.05, 3.63) is 212 Å². The van der Waals surface area contributed by atoms with Crippen molar-refractivity contribution < 1.29 is 4.42 Å². The first kappa shape index (κ1) is 32.0. The molecule has 10 aromatic carbocycles. The fourth-order valence-corrected chi connectivity index (χ4v) is 8.59. The van der Waals surface area contributed by atoms with Crippen LogP contribution in [0.2, 0.25) is 0 Å². The standard InChI is InChI=1S/C54H35NO/c1-4-20-43-37(13-1)16-10-24-44(43)41-19-9-18-40(35-41)36-29-32-42(33-30-36)55(51-28-11-17-38-14-2-5-21-45(38)51)52-27-8-7-23-47(52)48-25-12-26-49-50-34-31-39-15-3-6-22-46(39)53(50)56-54(48)49/h1-35H. The molecule has 0 radical (unpaired) electrons. The third-order valence-corrected chi connectivity index (χ3v) is 11.3. The molecule has 0 N–H and O–H groups in total. The van der Waals surface area contributed by atoms with Gasteiger partial charge in [-0.2, -0.15) is 0 Å². The monoisotopic (exact) mass is 713 g/mol. The Morgan fingerprint density at radius 3 is 1.66 bits per heavy atom. The number of rotatable bonds is 6. The fourth-order valence-electron chi connectivity index (χ4n) is 8.59. The van der Waals surface area contributed by atoms with Crippen LogP contribution in [-0.2, 0) is 0 Å². The highest BCUT2D eigenvalue weighted by molar-refractivity contribution is 6.18. The number of nitrogens with zero attached hydrogens (tertiary/aromatic N) is 1. The average Bonchev–Trinajstić information content (AvgIpc) is 3.67. The summed E-state index contributed by atoms with van der Waals surface area (Å²) in [5.74, 6) is 0. The van der Waals surface area contributed by atoms with E-state index in [1.807, 2.05) is 0 Å². The van der Waals surface area contributed by atoms with Gasteiger partial charge in [-0.15, -0.1) is 0 Å². The van der Waals surface area contributed by atoms with Gasteiger partial charge in [-0.1, -0.05) is 176 Å². The first-order chi connectivity index (χ1) is 27.8. The Hall–Kier alpha value is -7.42. The lowest BCUT2D eigenvalue weighted by Crippen LogP contribution is -2.11. The molecule has 0 saturated carbocycles. The summed E-state index contributed by atoms with van der Waals surface area (Å²) >= 11 is 0. The van der Waals surface area contributed by atoms with Crippen molar-refractivity contribution in [3.63, 3.8) is 0 Å². The highest BCUT2D eigenvalue weighted by Crippen LogP contribution is 2.46. The number of para-hydroxylation sites is 2. The van der Waals surface area contributed by atoms with E-state index < -0.39 is 0 Å². The van der Waals surface area contributed by atoms with Crippen molar-refractivity contribution in [2.45, 2.75) is 0 Å². The summed E-state index contributed by atoms with van der Waals surface area (Å²) in [4.78, 5) is 2.41. The summed E-state index contributed by atoms with van der Waals surface area (Å²) in [5.41, 5.74) is 12.0. The van der Waals surface area contributed by atoms with E-state index in [1.54, 1.807) is 0 Å². The lowest BCUT2D eigenvalue weighted by Gasteiger charge is -2.29. The second-order valence-electron chi connectivity index (χ2n) is 14.5. The molecule has 11 rings (SSSR count). The van der Waals surface area contributed by atoms with Crippen molar-refractivity contribution in [1.29, 1.82) is 0 Å². The molecule has 1 aromatic heterocycles. The van der Waals surface area contributed by atoms with E-state index in [1.165, 1.54) is 49.2 Å². The fraction of sp³-hybridized carbons (Fsp3) is 0. The second-order valence-corrected chi connectivity index (χ2v) is 14.5. The summed E-state index contributed by atoms with van der Waals surface area (Å²) in [7, 11) is 0.